The van der Waals surface area contributed by atoms with Crippen molar-refractivity contribution < 1.29 is 0 Å². The summed E-state index contributed by atoms with van der Waals surface area (Å²) in [5.74, 6) is 0. The quantitative estimate of drug-likeness (QED) is 0.722. The Morgan fingerprint density at radius 1 is 1.89 bits per heavy atom. The lowest BCUT2D eigenvalue weighted by Gasteiger charge is -1.95. The second kappa shape index (κ2) is 2.66. The molecule has 0 saturated carbocycles. The number of nitrogens with two attached hydrogens (primary N) is 1. The van der Waals surface area contributed by atoms with Crippen molar-refractivity contribution in [1.82, 2.24) is 9.78 Å². The monoisotopic (exact) mass is 237 g/mol. The lowest BCUT2D eigenvalue weighted by Crippen LogP contribution is -2.05. The maximum absolute atomic E-state index is 5.43. The van der Waals surface area contributed by atoms with Crippen LogP contribution in [0.2, 0.25) is 0 Å². The van der Waals surface area contributed by atoms with E-state index in [1.807, 2.05) is 13.2 Å². The van der Waals surface area contributed by atoms with Gasteiger partial charge in [0, 0.05) is 13.6 Å². The Balaban J connectivity index is 3.07. The number of aromatic nitrogens is 2. The highest BCUT2D eigenvalue weighted by Gasteiger charge is 2.00. The maximum atomic E-state index is 5.43. The number of hydrogen-bond donors (Lipinski definition) is 1. The molecular weight excluding hydrogens is 229 g/mol. The van der Waals surface area contributed by atoms with Crippen LogP contribution >= 0.6 is 22.6 Å². The van der Waals surface area contributed by atoms with Crippen LogP contribution in [0.5, 0.6) is 0 Å². The normalized spacial score (nSPS) is 10.1. The highest BCUT2D eigenvalue weighted by atomic mass is 127. The molecule has 0 aliphatic carbocycles. The summed E-state index contributed by atoms with van der Waals surface area (Å²) in [6.07, 6.45) is 1.81. The van der Waals surface area contributed by atoms with Gasteiger partial charge in [-0.15, -0.1) is 0 Å². The van der Waals surface area contributed by atoms with Crippen LogP contribution in [0, 0.1) is 3.57 Å². The van der Waals surface area contributed by atoms with E-state index in [0.717, 1.165) is 9.26 Å². The number of rotatable bonds is 1. The zero-order valence-electron chi connectivity index (χ0n) is 5.13. The zero-order valence-corrected chi connectivity index (χ0v) is 7.29. The van der Waals surface area contributed by atoms with Crippen molar-refractivity contribution in [2.75, 3.05) is 0 Å². The molecule has 0 saturated heterocycles. The van der Waals surface area contributed by atoms with Gasteiger partial charge in [-0.25, -0.2) is 0 Å². The van der Waals surface area contributed by atoms with Crippen molar-refractivity contribution in [3.63, 3.8) is 0 Å². The van der Waals surface area contributed by atoms with Crippen LogP contribution in [0.1, 0.15) is 5.69 Å². The SMILES string of the molecule is Cn1ncc(I)c1CN. The predicted molar refractivity (Wildman–Crippen MR) is 43.8 cm³/mol. The third kappa shape index (κ3) is 1.24. The highest BCUT2D eigenvalue weighted by Crippen LogP contribution is 2.08. The second-order valence-electron chi connectivity index (χ2n) is 1.77. The van der Waals surface area contributed by atoms with Gasteiger partial charge in [-0.05, 0) is 22.6 Å². The zero-order chi connectivity index (χ0) is 6.85. The van der Waals surface area contributed by atoms with Crippen LogP contribution in [0.3, 0.4) is 0 Å². The fraction of sp³-hybridized carbons (Fsp3) is 0.400. The van der Waals surface area contributed by atoms with Gasteiger partial charge in [0.05, 0.1) is 15.5 Å². The summed E-state index contributed by atoms with van der Waals surface area (Å²) in [7, 11) is 1.89. The molecule has 0 unspecified atom stereocenters. The summed E-state index contributed by atoms with van der Waals surface area (Å²) in [5.41, 5.74) is 6.52. The molecule has 1 heterocycles. The van der Waals surface area contributed by atoms with Crippen molar-refractivity contribution in [3.05, 3.63) is 15.5 Å². The smallest absolute Gasteiger partial charge is 0.0650 e. The van der Waals surface area contributed by atoms with E-state index in [9.17, 15) is 0 Å². The fourth-order valence-electron chi connectivity index (χ4n) is 0.666. The van der Waals surface area contributed by atoms with E-state index in [0.29, 0.717) is 6.54 Å². The summed E-state index contributed by atoms with van der Waals surface area (Å²) < 4.78 is 2.93. The number of halogens is 1. The molecule has 1 rings (SSSR count). The molecule has 0 bridgehead atoms. The minimum Gasteiger partial charge on any atom is -0.325 e. The molecule has 0 amide bonds. The van der Waals surface area contributed by atoms with Crippen LogP contribution in [-0.4, -0.2) is 9.78 Å². The third-order valence-corrected chi connectivity index (χ3v) is 2.11. The van der Waals surface area contributed by atoms with Crippen molar-refractivity contribution in [3.8, 4) is 0 Å². The van der Waals surface area contributed by atoms with Gasteiger partial charge in [0.2, 0.25) is 0 Å². The second-order valence-corrected chi connectivity index (χ2v) is 2.93. The number of hydrogen-bond acceptors (Lipinski definition) is 2. The third-order valence-electron chi connectivity index (χ3n) is 1.20. The summed E-state index contributed by atoms with van der Waals surface area (Å²) in [6.45, 7) is 0.564. The van der Waals surface area contributed by atoms with Gasteiger partial charge in [0.1, 0.15) is 0 Å². The van der Waals surface area contributed by atoms with E-state index < -0.39 is 0 Å². The average molecular weight is 237 g/mol. The summed E-state index contributed by atoms with van der Waals surface area (Å²) in [5, 5.41) is 4.02. The first-order valence-electron chi connectivity index (χ1n) is 2.62. The molecule has 0 aliphatic rings. The van der Waals surface area contributed by atoms with E-state index >= 15 is 0 Å². The summed E-state index contributed by atoms with van der Waals surface area (Å²) in [4.78, 5) is 0. The molecule has 9 heavy (non-hydrogen) atoms. The van der Waals surface area contributed by atoms with E-state index in [1.54, 1.807) is 4.68 Å². The molecule has 0 fully saturated rings. The van der Waals surface area contributed by atoms with E-state index in [1.165, 1.54) is 0 Å². The van der Waals surface area contributed by atoms with Crippen molar-refractivity contribution in [1.29, 1.82) is 0 Å². The van der Waals surface area contributed by atoms with Gasteiger partial charge in [0.15, 0.2) is 0 Å². The molecule has 50 valence electrons. The van der Waals surface area contributed by atoms with Crippen LogP contribution in [0.15, 0.2) is 6.20 Å². The van der Waals surface area contributed by atoms with E-state index in [-0.39, 0.29) is 0 Å². The average Bonchev–Trinajstić information content (AvgIpc) is 2.12. The van der Waals surface area contributed by atoms with Gasteiger partial charge in [-0.1, -0.05) is 0 Å². The Kier molecular flexibility index (Phi) is 2.07. The van der Waals surface area contributed by atoms with Crippen molar-refractivity contribution in [2.24, 2.45) is 12.8 Å². The molecule has 0 atom stereocenters. The molecule has 4 heteroatoms. The van der Waals surface area contributed by atoms with Crippen LogP contribution in [0.4, 0.5) is 0 Å². The Morgan fingerprint density at radius 2 is 2.56 bits per heavy atom. The van der Waals surface area contributed by atoms with Crippen molar-refractivity contribution in [2.45, 2.75) is 6.54 Å². The van der Waals surface area contributed by atoms with E-state index in [2.05, 4.69) is 27.7 Å². The lowest BCUT2D eigenvalue weighted by atomic mass is 10.4. The standard InChI is InChI=1S/C5H8IN3/c1-9-5(2-7)4(6)3-8-9/h3H,2,7H2,1H3. The Hall–Kier alpha value is -0.100. The van der Waals surface area contributed by atoms with Crippen LogP contribution in [0.25, 0.3) is 0 Å². The first-order chi connectivity index (χ1) is 4.25. The van der Waals surface area contributed by atoms with Gasteiger partial charge < -0.3 is 5.73 Å². The fourth-order valence-corrected chi connectivity index (χ4v) is 1.36. The molecule has 1 aromatic rings. The Morgan fingerprint density at radius 3 is 2.78 bits per heavy atom. The molecule has 0 spiro atoms. The topological polar surface area (TPSA) is 43.8 Å². The molecule has 0 aromatic carbocycles. The highest BCUT2D eigenvalue weighted by molar-refractivity contribution is 14.1. The molecule has 1 aromatic heterocycles. The Bertz CT molecular complexity index is 186. The summed E-state index contributed by atoms with van der Waals surface area (Å²) >= 11 is 2.22. The largest absolute Gasteiger partial charge is 0.325 e. The Labute approximate surface area is 67.4 Å². The van der Waals surface area contributed by atoms with Gasteiger partial charge >= 0.3 is 0 Å². The molecule has 2 N–H and O–H groups in total. The van der Waals surface area contributed by atoms with Gasteiger partial charge in [0.25, 0.3) is 0 Å². The molecular formula is C5H8IN3. The lowest BCUT2D eigenvalue weighted by molar-refractivity contribution is 0.711. The minimum absolute atomic E-state index is 0.564. The first kappa shape index (κ1) is 7.01. The molecule has 3 nitrogen and oxygen atoms in total. The van der Waals surface area contributed by atoms with Gasteiger partial charge in [-0.2, -0.15) is 5.10 Å². The number of nitrogens with zero attached hydrogens (tertiary/aromatic N) is 2. The number of aryl methyl sites for hydroxylation is 1. The van der Waals surface area contributed by atoms with Crippen molar-refractivity contribution >= 4 is 22.6 Å². The van der Waals surface area contributed by atoms with Crippen LogP contribution in [-0.2, 0) is 13.6 Å². The van der Waals surface area contributed by atoms with Gasteiger partial charge in [-0.3, -0.25) is 4.68 Å². The summed E-state index contributed by atoms with van der Waals surface area (Å²) in [6, 6.07) is 0. The minimum atomic E-state index is 0.564. The maximum Gasteiger partial charge on any atom is 0.0650 e. The van der Waals surface area contributed by atoms with Crippen LogP contribution < -0.4 is 5.73 Å². The van der Waals surface area contributed by atoms with E-state index in [4.69, 9.17) is 5.73 Å². The molecule has 0 radical (unpaired) electrons. The first-order valence-corrected chi connectivity index (χ1v) is 3.70. The molecule has 0 aliphatic heterocycles. The predicted octanol–water partition coefficient (Wildman–Crippen LogP) is 0.483.